The van der Waals surface area contributed by atoms with E-state index in [-0.39, 0.29) is 11.7 Å². The van der Waals surface area contributed by atoms with Crippen molar-refractivity contribution >= 4 is 29.3 Å². The monoisotopic (exact) mass is 434 g/mol. The average molecular weight is 435 g/mol. The predicted molar refractivity (Wildman–Crippen MR) is 121 cm³/mol. The maximum Gasteiger partial charge on any atom is 0.247 e. The number of primary amides is 1. The van der Waals surface area contributed by atoms with E-state index in [0.29, 0.717) is 38.9 Å². The van der Waals surface area contributed by atoms with Crippen molar-refractivity contribution in [2.24, 2.45) is 5.73 Å². The molecule has 0 spiro atoms. The van der Waals surface area contributed by atoms with Crippen LogP contribution in [0.15, 0.2) is 76.5 Å². The second-order valence-electron chi connectivity index (χ2n) is 6.76. The van der Waals surface area contributed by atoms with Crippen molar-refractivity contribution in [1.29, 1.82) is 5.26 Å². The minimum absolute atomic E-state index is 0.0836. The summed E-state index contributed by atoms with van der Waals surface area (Å²) in [4.78, 5) is 24.7. The molecule has 0 aromatic heterocycles. The number of dihydropyridines is 1. The zero-order valence-corrected chi connectivity index (χ0v) is 18.0. The van der Waals surface area contributed by atoms with Crippen molar-refractivity contribution in [3.63, 3.8) is 0 Å². The van der Waals surface area contributed by atoms with Gasteiger partial charge in [0.25, 0.3) is 0 Å². The third-order valence-corrected chi connectivity index (χ3v) is 5.79. The Morgan fingerprint density at radius 3 is 2.52 bits per heavy atom. The van der Waals surface area contributed by atoms with Crippen LogP contribution in [0.25, 0.3) is 0 Å². The molecule has 2 aromatic carbocycles. The van der Waals surface area contributed by atoms with Crippen LogP contribution in [0.4, 0.5) is 5.69 Å². The smallest absolute Gasteiger partial charge is 0.247 e. The Bertz CT molecular complexity index is 1100. The summed E-state index contributed by atoms with van der Waals surface area (Å²) in [5.41, 5.74) is 8.15. The van der Waals surface area contributed by atoms with E-state index in [1.165, 1.54) is 18.9 Å². The number of carbonyl (C=O) groups excluding carboxylic acids is 2. The topological polar surface area (TPSA) is 117 Å². The molecule has 0 aliphatic carbocycles. The van der Waals surface area contributed by atoms with E-state index in [0.717, 1.165) is 0 Å². The third kappa shape index (κ3) is 4.90. The first-order valence-corrected chi connectivity index (χ1v) is 10.5. The minimum atomic E-state index is -0.695. The maximum atomic E-state index is 12.4. The zero-order valence-electron chi connectivity index (χ0n) is 17.1. The van der Waals surface area contributed by atoms with Crippen molar-refractivity contribution in [2.75, 3.05) is 18.2 Å². The van der Waals surface area contributed by atoms with Crippen LogP contribution in [0, 0.1) is 11.3 Å². The van der Waals surface area contributed by atoms with Gasteiger partial charge in [-0.05, 0) is 25.1 Å². The number of anilines is 1. The van der Waals surface area contributed by atoms with Gasteiger partial charge in [0.1, 0.15) is 5.75 Å². The van der Waals surface area contributed by atoms with Gasteiger partial charge in [-0.2, -0.15) is 5.26 Å². The molecule has 2 aromatic rings. The van der Waals surface area contributed by atoms with Crippen LogP contribution >= 0.6 is 11.8 Å². The van der Waals surface area contributed by atoms with E-state index in [1.54, 1.807) is 31.2 Å². The standard InChI is InChI=1S/C23H22N4O3S/c1-14-20(22(25)29)21(16-10-6-7-11-18(16)30-2)17(12-24)23(26-14)31-13-19(28)27-15-8-4-3-5-9-15/h3-11,21,26H,13H2,1-2H3,(H2,25,29)(H,27,28)/t21-/m1/s1. The van der Waals surface area contributed by atoms with E-state index in [4.69, 9.17) is 10.5 Å². The van der Waals surface area contributed by atoms with Crippen LogP contribution in [0.3, 0.4) is 0 Å². The number of hydrogen-bond donors (Lipinski definition) is 3. The first-order valence-electron chi connectivity index (χ1n) is 9.48. The van der Waals surface area contributed by atoms with Crippen LogP contribution in [-0.4, -0.2) is 24.7 Å². The Morgan fingerprint density at radius 1 is 1.19 bits per heavy atom. The van der Waals surface area contributed by atoms with E-state index in [2.05, 4.69) is 16.7 Å². The molecule has 4 N–H and O–H groups in total. The predicted octanol–water partition coefficient (Wildman–Crippen LogP) is 3.25. The summed E-state index contributed by atoms with van der Waals surface area (Å²) in [7, 11) is 1.53. The highest BCUT2D eigenvalue weighted by Gasteiger charge is 2.35. The lowest BCUT2D eigenvalue weighted by Crippen LogP contribution is -2.31. The number of hydrogen-bond acceptors (Lipinski definition) is 6. The molecule has 0 unspecified atom stereocenters. The molecule has 1 aliphatic heterocycles. The van der Waals surface area contributed by atoms with Crippen LogP contribution in [-0.2, 0) is 9.59 Å². The van der Waals surface area contributed by atoms with Gasteiger partial charge in [-0.3, -0.25) is 9.59 Å². The molecule has 3 rings (SSSR count). The van der Waals surface area contributed by atoms with Crippen LogP contribution < -0.4 is 21.1 Å². The lowest BCUT2D eigenvalue weighted by Gasteiger charge is -2.29. The van der Waals surface area contributed by atoms with Gasteiger partial charge < -0.3 is 21.1 Å². The number of rotatable bonds is 7. The largest absolute Gasteiger partial charge is 0.496 e. The van der Waals surface area contributed by atoms with Crippen LogP contribution in [0.2, 0.25) is 0 Å². The molecule has 31 heavy (non-hydrogen) atoms. The molecule has 0 radical (unpaired) electrons. The highest BCUT2D eigenvalue weighted by Crippen LogP contribution is 2.43. The third-order valence-electron chi connectivity index (χ3n) is 4.77. The first-order chi connectivity index (χ1) is 15.0. The van der Waals surface area contributed by atoms with Gasteiger partial charge in [-0.1, -0.05) is 48.2 Å². The Kier molecular flexibility index (Phi) is 7.00. The minimum Gasteiger partial charge on any atom is -0.496 e. The van der Waals surface area contributed by atoms with E-state index < -0.39 is 11.8 Å². The number of nitrogens with zero attached hydrogens (tertiary/aromatic N) is 1. The molecule has 1 atom stereocenters. The average Bonchev–Trinajstić information content (AvgIpc) is 2.77. The normalized spacial score (nSPS) is 15.7. The molecule has 8 heteroatoms. The van der Waals surface area contributed by atoms with Gasteiger partial charge in [0.05, 0.1) is 35.5 Å². The summed E-state index contributed by atoms with van der Waals surface area (Å²) >= 11 is 1.19. The second-order valence-corrected chi connectivity index (χ2v) is 7.75. The summed E-state index contributed by atoms with van der Waals surface area (Å²) in [6.45, 7) is 1.72. The van der Waals surface area contributed by atoms with Crippen LogP contribution in [0.1, 0.15) is 18.4 Å². The lowest BCUT2D eigenvalue weighted by atomic mass is 9.82. The molecule has 1 heterocycles. The number of nitrogens with two attached hydrogens (primary N) is 1. The molecule has 0 bridgehead atoms. The van der Waals surface area contributed by atoms with Gasteiger partial charge >= 0.3 is 0 Å². The van der Waals surface area contributed by atoms with Crippen molar-refractivity contribution in [1.82, 2.24) is 5.32 Å². The van der Waals surface area contributed by atoms with Crippen molar-refractivity contribution in [2.45, 2.75) is 12.8 Å². The summed E-state index contributed by atoms with van der Waals surface area (Å²) in [5, 5.41) is 16.4. The molecule has 2 amide bonds. The molecule has 0 saturated heterocycles. The number of allylic oxidation sites excluding steroid dienone is 2. The zero-order chi connectivity index (χ0) is 22.4. The number of benzene rings is 2. The summed E-state index contributed by atoms with van der Waals surface area (Å²) in [5.74, 6) is -0.904. The number of carbonyl (C=O) groups is 2. The number of ether oxygens (including phenoxy) is 1. The Balaban J connectivity index is 1.93. The summed E-state index contributed by atoms with van der Waals surface area (Å²) < 4.78 is 5.46. The number of amides is 2. The Morgan fingerprint density at radius 2 is 1.87 bits per heavy atom. The Labute approximate surface area is 185 Å². The van der Waals surface area contributed by atoms with Crippen LogP contribution in [0.5, 0.6) is 5.75 Å². The fraction of sp³-hybridized carbons (Fsp3) is 0.174. The molecule has 1 aliphatic rings. The SMILES string of the molecule is COc1ccccc1[C@@H]1C(C#N)=C(SCC(=O)Nc2ccccc2)NC(C)=C1C(N)=O. The number of nitrogens with one attached hydrogen (secondary N) is 2. The highest BCUT2D eigenvalue weighted by molar-refractivity contribution is 8.03. The fourth-order valence-electron chi connectivity index (χ4n) is 3.43. The van der Waals surface area contributed by atoms with Crippen molar-refractivity contribution < 1.29 is 14.3 Å². The van der Waals surface area contributed by atoms with Crippen molar-refractivity contribution in [3.05, 3.63) is 82.0 Å². The second kappa shape index (κ2) is 9.87. The molecular weight excluding hydrogens is 412 g/mol. The van der Waals surface area contributed by atoms with Gasteiger partial charge in [0.15, 0.2) is 0 Å². The quantitative estimate of drug-likeness (QED) is 0.616. The van der Waals surface area contributed by atoms with E-state index in [1.807, 2.05) is 30.3 Å². The fourth-order valence-corrected chi connectivity index (χ4v) is 4.32. The van der Waals surface area contributed by atoms with Gasteiger partial charge in [-0.15, -0.1) is 0 Å². The molecule has 158 valence electrons. The van der Waals surface area contributed by atoms with Gasteiger partial charge in [0.2, 0.25) is 11.8 Å². The first kappa shape index (κ1) is 22.0. The molecule has 0 fully saturated rings. The maximum absolute atomic E-state index is 12.4. The Hall–Kier alpha value is -3.70. The number of nitriles is 1. The number of thioether (sulfide) groups is 1. The van der Waals surface area contributed by atoms with E-state index >= 15 is 0 Å². The van der Waals surface area contributed by atoms with Gasteiger partial charge in [0, 0.05) is 22.5 Å². The highest BCUT2D eigenvalue weighted by atomic mass is 32.2. The molecular formula is C23H22N4O3S. The van der Waals surface area contributed by atoms with Crippen molar-refractivity contribution in [3.8, 4) is 11.8 Å². The molecule has 7 nitrogen and oxygen atoms in total. The number of methoxy groups -OCH3 is 1. The van der Waals surface area contributed by atoms with E-state index in [9.17, 15) is 14.9 Å². The lowest BCUT2D eigenvalue weighted by molar-refractivity contribution is -0.115. The van der Waals surface area contributed by atoms with Gasteiger partial charge in [-0.25, -0.2) is 0 Å². The number of para-hydroxylation sites is 2. The molecule has 0 saturated carbocycles. The summed E-state index contributed by atoms with van der Waals surface area (Å²) in [6.07, 6.45) is 0. The summed E-state index contributed by atoms with van der Waals surface area (Å²) in [6, 6.07) is 18.5.